The van der Waals surface area contributed by atoms with Crippen LogP contribution in [0.2, 0.25) is 5.35 Å². The van der Waals surface area contributed by atoms with Crippen molar-refractivity contribution >= 4 is 17.6 Å². The molecule has 0 aliphatic heterocycles. The summed E-state index contributed by atoms with van der Waals surface area (Å²) in [6.45, 7) is 0. The van der Waals surface area contributed by atoms with Gasteiger partial charge in [0.25, 0.3) is 5.35 Å². The van der Waals surface area contributed by atoms with Crippen molar-refractivity contribution in [1.82, 2.24) is 4.98 Å². The molecule has 0 radical (unpaired) electrons. The zero-order chi connectivity index (χ0) is 8.72. The summed E-state index contributed by atoms with van der Waals surface area (Å²) in [5.41, 5.74) is 0.493. The second-order valence-electron chi connectivity index (χ2n) is 2.76. The van der Waals surface area contributed by atoms with E-state index in [-0.39, 0.29) is 17.0 Å². The van der Waals surface area contributed by atoms with E-state index in [0.29, 0.717) is 5.69 Å². The van der Waals surface area contributed by atoms with Gasteiger partial charge in [-0.15, -0.1) is 0 Å². The van der Waals surface area contributed by atoms with Gasteiger partial charge < -0.3 is 9.52 Å². The van der Waals surface area contributed by atoms with E-state index < -0.39 is 5.97 Å². The minimum absolute atomic E-state index is 0.0886. The van der Waals surface area contributed by atoms with E-state index in [2.05, 4.69) is 4.98 Å². The van der Waals surface area contributed by atoms with Crippen LogP contribution in [0.5, 0.6) is 0 Å². The lowest BCUT2D eigenvalue weighted by molar-refractivity contribution is 0.0661. The Labute approximate surface area is 73.2 Å². The standard InChI is InChI=1S/C7H6ClNO3/c8-7-9-4(3-1-2-3)5(12-7)6(10)11/h3H,1-2H2,(H,10,11). The molecular weight excluding hydrogens is 182 g/mol. The van der Waals surface area contributed by atoms with E-state index in [9.17, 15) is 4.79 Å². The number of aromatic carboxylic acids is 1. The Bertz CT molecular complexity index is 329. The highest BCUT2D eigenvalue weighted by Crippen LogP contribution is 2.41. The maximum atomic E-state index is 10.6. The Morgan fingerprint density at radius 1 is 1.67 bits per heavy atom. The molecule has 1 aromatic heterocycles. The fraction of sp³-hybridized carbons (Fsp3) is 0.429. The Morgan fingerprint density at radius 3 is 2.83 bits per heavy atom. The van der Waals surface area contributed by atoms with Crippen LogP contribution in [0.1, 0.15) is 35.0 Å². The molecule has 0 spiro atoms. The third-order valence-electron chi connectivity index (χ3n) is 1.79. The van der Waals surface area contributed by atoms with Crippen molar-refractivity contribution in [3.63, 3.8) is 0 Å². The van der Waals surface area contributed by atoms with Gasteiger partial charge in [0.2, 0.25) is 5.76 Å². The SMILES string of the molecule is O=C(O)c1oc(Cl)nc1C1CC1. The zero-order valence-corrected chi connectivity index (χ0v) is 6.84. The molecule has 0 atom stereocenters. The Balaban J connectivity index is 2.43. The number of halogens is 1. The van der Waals surface area contributed by atoms with Gasteiger partial charge in [-0.3, -0.25) is 0 Å². The number of carboxylic acid groups (broad SMARTS) is 1. The molecule has 1 aliphatic rings. The quantitative estimate of drug-likeness (QED) is 0.768. The largest absolute Gasteiger partial charge is 0.475 e. The lowest BCUT2D eigenvalue weighted by atomic mass is 10.2. The summed E-state index contributed by atoms with van der Waals surface area (Å²) in [5, 5.41) is 8.57. The van der Waals surface area contributed by atoms with E-state index in [1.165, 1.54) is 0 Å². The third-order valence-corrected chi connectivity index (χ3v) is 1.95. The molecule has 0 unspecified atom stereocenters. The molecule has 4 nitrogen and oxygen atoms in total. The minimum Gasteiger partial charge on any atom is -0.475 e. The molecule has 1 N–H and O–H groups in total. The second-order valence-corrected chi connectivity index (χ2v) is 3.08. The topological polar surface area (TPSA) is 63.3 Å². The minimum atomic E-state index is -1.10. The van der Waals surface area contributed by atoms with E-state index >= 15 is 0 Å². The van der Waals surface area contributed by atoms with E-state index in [1.807, 2.05) is 0 Å². The van der Waals surface area contributed by atoms with Gasteiger partial charge in [-0.05, 0) is 24.4 Å². The second kappa shape index (κ2) is 2.48. The fourth-order valence-corrected chi connectivity index (χ4v) is 1.26. The Hall–Kier alpha value is -1.03. The highest BCUT2D eigenvalue weighted by atomic mass is 35.5. The molecule has 1 heterocycles. The first-order valence-corrected chi connectivity index (χ1v) is 3.96. The highest BCUT2D eigenvalue weighted by Gasteiger charge is 2.33. The van der Waals surface area contributed by atoms with Gasteiger partial charge in [0, 0.05) is 5.92 Å². The van der Waals surface area contributed by atoms with Gasteiger partial charge in [0.1, 0.15) is 0 Å². The van der Waals surface area contributed by atoms with Gasteiger partial charge in [-0.2, -0.15) is 0 Å². The van der Waals surface area contributed by atoms with Crippen LogP contribution >= 0.6 is 11.6 Å². The highest BCUT2D eigenvalue weighted by molar-refractivity contribution is 6.27. The van der Waals surface area contributed by atoms with E-state index in [4.69, 9.17) is 21.1 Å². The summed E-state index contributed by atoms with van der Waals surface area (Å²) in [6.07, 6.45) is 1.95. The molecule has 0 bridgehead atoms. The van der Waals surface area contributed by atoms with Gasteiger partial charge in [-0.1, -0.05) is 0 Å². The molecule has 0 saturated heterocycles. The average molecular weight is 188 g/mol. The number of rotatable bonds is 2. The predicted octanol–water partition coefficient (Wildman–Crippen LogP) is 1.90. The van der Waals surface area contributed by atoms with Crippen molar-refractivity contribution in [2.24, 2.45) is 0 Å². The molecule has 0 aromatic carbocycles. The van der Waals surface area contributed by atoms with Crippen molar-refractivity contribution in [3.8, 4) is 0 Å². The van der Waals surface area contributed by atoms with Gasteiger partial charge in [0.15, 0.2) is 0 Å². The van der Waals surface area contributed by atoms with Crippen molar-refractivity contribution in [2.75, 3.05) is 0 Å². The van der Waals surface area contributed by atoms with Gasteiger partial charge in [-0.25, -0.2) is 9.78 Å². The monoisotopic (exact) mass is 187 g/mol. The first-order valence-electron chi connectivity index (χ1n) is 3.58. The summed E-state index contributed by atoms with van der Waals surface area (Å²) in [4.78, 5) is 14.4. The van der Waals surface area contributed by atoms with Crippen LogP contribution in [0.4, 0.5) is 0 Å². The maximum absolute atomic E-state index is 10.6. The molecule has 1 aliphatic carbocycles. The Morgan fingerprint density at radius 2 is 2.33 bits per heavy atom. The Kier molecular flexibility index (Phi) is 1.58. The molecule has 1 saturated carbocycles. The fourth-order valence-electron chi connectivity index (χ4n) is 1.09. The number of hydrogen-bond acceptors (Lipinski definition) is 3. The molecular formula is C7H6ClNO3. The first-order chi connectivity index (χ1) is 5.68. The normalized spacial score (nSPS) is 16.4. The number of hydrogen-bond donors (Lipinski definition) is 1. The van der Waals surface area contributed by atoms with Crippen LogP contribution < -0.4 is 0 Å². The average Bonchev–Trinajstić information content (AvgIpc) is 2.75. The summed E-state index contributed by atoms with van der Waals surface area (Å²) in [7, 11) is 0. The maximum Gasteiger partial charge on any atom is 0.373 e. The van der Waals surface area contributed by atoms with Crippen molar-refractivity contribution < 1.29 is 14.3 Å². The van der Waals surface area contributed by atoms with Crippen LogP contribution in [0.15, 0.2) is 4.42 Å². The van der Waals surface area contributed by atoms with Gasteiger partial charge in [0.05, 0.1) is 5.69 Å². The summed E-state index contributed by atoms with van der Waals surface area (Å²) >= 11 is 5.44. The van der Waals surface area contributed by atoms with Gasteiger partial charge >= 0.3 is 5.97 Å². The molecule has 64 valence electrons. The zero-order valence-electron chi connectivity index (χ0n) is 6.08. The molecule has 5 heteroatoms. The first kappa shape index (κ1) is 7.61. The molecule has 1 aromatic rings. The number of aromatic nitrogens is 1. The smallest absolute Gasteiger partial charge is 0.373 e. The summed E-state index contributed by atoms with van der Waals surface area (Å²) in [6, 6.07) is 0. The molecule has 1 fully saturated rings. The summed E-state index contributed by atoms with van der Waals surface area (Å²) in [5.74, 6) is -0.967. The molecule has 0 amide bonds. The van der Waals surface area contributed by atoms with E-state index in [0.717, 1.165) is 12.8 Å². The van der Waals surface area contributed by atoms with Crippen molar-refractivity contribution in [2.45, 2.75) is 18.8 Å². The number of carboxylic acids is 1. The van der Waals surface area contributed by atoms with Crippen molar-refractivity contribution in [1.29, 1.82) is 0 Å². The van der Waals surface area contributed by atoms with Crippen LogP contribution in [0, 0.1) is 0 Å². The molecule has 12 heavy (non-hydrogen) atoms. The lowest BCUT2D eigenvalue weighted by Gasteiger charge is -1.89. The van der Waals surface area contributed by atoms with E-state index in [1.54, 1.807) is 0 Å². The number of carbonyl (C=O) groups is 1. The number of nitrogens with zero attached hydrogens (tertiary/aromatic N) is 1. The third kappa shape index (κ3) is 1.18. The van der Waals surface area contributed by atoms with Crippen LogP contribution in [-0.2, 0) is 0 Å². The van der Waals surface area contributed by atoms with Crippen LogP contribution in [0.3, 0.4) is 0 Å². The predicted molar refractivity (Wildman–Crippen MR) is 40.4 cm³/mol. The van der Waals surface area contributed by atoms with Crippen LogP contribution in [-0.4, -0.2) is 16.1 Å². The van der Waals surface area contributed by atoms with Crippen LogP contribution in [0.25, 0.3) is 0 Å². The van der Waals surface area contributed by atoms with Crippen molar-refractivity contribution in [3.05, 3.63) is 16.8 Å². The molecule has 2 rings (SSSR count). The summed E-state index contributed by atoms with van der Waals surface area (Å²) < 4.78 is 4.73. The number of oxazole rings is 1. The lowest BCUT2D eigenvalue weighted by Crippen LogP contribution is -1.98.